The second kappa shape index (κ2) is 11.3. The second-order valence-corrected chi connectivity index (χ2v) is 6.86. The van der Waals surface area contributed by atoms with Crippen LogP contribution in [0, 0.1) is 0 Å². The van der Waals surface area contributed by atoms with Crippen LogP contribution < -0.4 is 29.7 Å². The Hall–Kier alpha value is -3.00. The van der Waals surface area contributed by atoms with Gasteiger partial charge in [-0.25, -0.2) is 0 Å². The molecular formula is C22H29N3O4S. The molecule has 8 heteroatoms. The van der Waals surface area contributed by atoms with Crippen molar-refractivity contribution in [2.75, 3.05) is 44.1 Å². The molecule has 2 rings (SSSR count). The Labute approximate surface area is 183 Å². The van der Waals surface area contributed by atoms with Gasteiger partial charge in [-0.3, -0.25) is 10.1 Å². The van der Waals surface area contributed by atoms with Crippen molar-refractivity contribution >= 4 is 34.6 Å². The first-order valence-electron chi connectivity index (χ1n) is 9.85. The molecule has 0 aliphatic heterocycles. The Morgan fingerprint density at radius 3 is 1.93 bits per heavy atom. The molecule has 0 unspecified atom stereocenters. The van der Waals surface area contributed by atoms with Gasteiger partial charge in [-0.1, -0.05) is 0 Å². The van der Waals surface area contributed by atoms with Crippen molar-refractivity contribution in [1.29, 1.82) is 0 Å². The summed E-state index contributed by atoms with van der Waals surface area (Å²) in [5, 5.41) is 5.90. The van der Waals surface area contributed by atoms with E-state index in [0.29, 0.717) is 42.6 Å². The zero-order valence-corrected chi connectivity index (χ0v) is 18.9. The number of nitrogens with zero attached hydrogens (tertiary/aromatic N) is 1. The number of amides is 1. The summed E-state index contributed by atoms with van der Waals surface area (Å²) in [6, 6.07) is 11.0. The first-order valence-corrected chi connectivity index (χ1v) is 10.3. The Morgan fingerprint density at radius 2 is 1.47 bits per heavy atom. The van der Waals surface area contributed by atoms with Crippen LogP contribution in [0.25, 0.3) is 0 Å². The Morgan fingerprint density at radius 1 is 0.933 bits per heavy atom. The average Bonchev–Trinajstić information content (AvgIpc) is 2.70. The molecule has 0 fully saturated rings. The summed E-state index contributed by atoms with van der Waals surface area (Å²) in [7, 11) is 3.94. The quantitative estimate of drug-likeness (QED) is 0.580. The second-order valence-electron chi connectivity index (χ2n) is 6.45. The molecule has 0 saturated heterocycles. The van der Waals surface area contributed by atoms with Crippen LogP contribution in [0.5, 0.6) is 17.2 Å². The molecule has 0 heterocycles. The normalized spacial score (nSPS) is 10.2. The van der Waals surface area contributed by atoms with Crippen LogP contribution in [0.3, 0.4) is 0 Å². The van der Waals surface area contributed by atoms with E-state index in [0.717, 1.165) is 11.4 Å². The molecule has 0 spiro atoms. The van der Waals surface area contributed by atoms with Crippen molar-refractivity contribution in [3.05, 3.63) is 42.0 Å². The lowest BCUT2D eigenvalue weighted by molar-refractivity contribution is 0.0976. The number of nitrogens with one attached hydrogen (secondary N) is 2. The Bertz CT molecular complexity index is 842. The minimum Gasteiger partial charge on any atom is -0.490 e. The van der Waals surface area contributed by atoms with Crippen LogP contribution >= 0.6 is 12.2 Å². The maximum atomic E-state index is 12.8. The maximum absolute atomic E-state index is 12.8. The SMILES string of the molecule is CCOc1cc(C(=O)NC(=S)Nc2ccc(N(C)C)cc2)cc(OCC)c1OCC. The lowest BCUT2D eigenvalue weighted by atomic mass is 10.1. The van der Waals surface area contributed by atoms with E-state index < -0.39 is 0 Å². The van der Waals surface area contributed by atoms with Crippen molar-refractivity contribution in [1.82, 2.24) is 5.32 Å². The Kier molecular flexibility index (Phi) is 8.73. The highest BCUT2D eigenvalue weighted by Gasteiger charge is 2.19. The number of carbonyl (C=O) groups excluding carboxylic acids is 1. The number of hydrogen-bond acceptors (Lipinski definition) is 6. The van der Waals surface area contributed by atoms with Crippen molar-refractivity contribution in [3.63, 3.8) is 0 Å². The van der Waals surface area contributed by atoms with E-state index in [1.165, 1.54) is 0 Å². The van der Waals surface area contributed by atoms with Crippen molar-refractivity contribution in [2.45, 2.75) is 20.8 Å². The standard InChI is InChI=1S/C22H29N3O4S/c1-6-27-18-13-15(14-19(28-7-2)20(18)29-8-3)21(26)24-22(30)23-16-9-11-17(12-10-16)25(4)5/h9-14H,6-8H2,1-5H3,(H2,23,24,26,30). The van der Waals surface area contributed by atoms with E-state index >= 15 is 0 Å². The summed E-state index contributed by atoms with van der Waals surface area (Å²) in [5.41, 5.74) is 2.21. The fourth-order valence-electron chi connectivity index (χ4n) is 2.70. The van der Waals surface area contributed by atoms with Crippen LogP contribution in [0.4, 0.5) is 11.4 Å². The zero-order chi connectivity index (χ0) is 22.1. The largest absolute Gasteiger partial charge is 0.490 e. The highest BCUT2D eigenvalue weighted by molar-refractivity contribution is 7.80. The van der Waals surface area contributed by atoms with Gasteiger partial charge in [0.05, 0.1) is 19.8 Å². The number of anilines is 2. The summed E-state index contributed by atoms with van der Waals surface area (Å²) in [6.45, 7) is 6.92. The van der Waals surface area contributed by atoms with E-state index in [4.69, 9.17) is 26.4 Å². The van der Waals surface area contributed by atoms with Gasteiger partial charge in [0, 0.05) is 31.0 Å². The molecule has 0 aromatic heterocycles. The van der Waals surface area contributed by atoms with Crippen molar-refractivity contribution in [3.8, 4) is 17.2 Å². The predicted molar refractivity (Wildman–Crippen MR) is 124 cm³/mol. The molecular weight excluding hydrogens is 402 g/mol. The molecule has 0 bridgehead atoms. The highest BCUT2D eigenvalue weighted by atomic mass is 32.1. The van der Waals surface area contributed by atoms with Gasteiger partial charge in [0.1, 0.15) is 0 Å². The number of hydrogen-bond donors (Lipinski definition) is 2. The van der Waals surface area contributed by atoms with E-state index in [-0.39, 0.29) is 11.0 Å². The lowest BCUT2D eigenvalue weighted by Crippen LogP contribution is -2.34. The minimum atomic E-state index is -0.373. The average molecular weight is 432 g/mol. The van der Waals surface area contributed by atoms with Crippen LogP contribution in [0.15, 0.2) is 36.4 Å². The van der Waals surface area contributed by atoms with Crippen molar-refractivity contribution < 1.29 is 19.0 Å². The van der Waals surface area contributed by atoms with Crippen molar-refractivity contribution in [2.24, 2.45) is 0 Å². The molecule has 0 atom stereocenters. The summed E-state index contributed by atoms with van der Waals surface area (Å²) >= 11 is 5.29. The van der Waals surface area contributed by atoms with Crippen LogP contribution in [-0.2, 0) is 0 Å². The topological polar surface area (TPSA) is 72.1 Å². The molecule has 2 aromatic rings. The zero-order valence-electron chi connectivity index (χ0n) is 18.1. The summed E-state index contributed by atoms with van der Waals surface area (Å²) in [5.74, 6) is 1.02. The lowest BCUT2D eigenvalue weighted by Gasteiger charge is -2.17. The third-order valence-corrected chi connectivity index (χ3v) is 4.24. The molecule has 0 saturated carbocycles. The fraction of sp³-hybridized carbons (Fsp3) is 0.364. The van der Waals surface area contributed by atoms with Crippen LogP contribution in [0.1, 0.15) is 31.1 Å². The molecule has 0 aliphatic carbocycles. The summed E-state index contributed by atoms with van der Waals surface area (Å²) < 4.78 is 17.0. The van der Waals surface area contributed by atoms with E-state index in [9.17, 15) is 4.79 Å². The van der Waals surface area contributed by atoms with Gasteiger partial charge >= 0.3 is 0 Å². The monoisotopic (exact) mass is 431 g/mol. The number of benzene rings is 2. The molecule has 162 valence electrons. The first kappa shape index (κ1) is 23.3. The number of carbonyl (C=O) groups is 1. The van der Waals surface area contributed by atoms with Gasteiger partial charge in [0.15, 0.2) is 16.6 Å². The van der Waals surface area contributed by atoms with Gasteiger partial charge in [0.2, 0.25) is 5.75 Å². The summed E-state index contributed by atoms with van der Waals surface area (Å²) in [6.07, 6.45) is 0. The number of rotatable bonds is 9. The minimum absolute atomic E-state index is 0.197. The van der Waals surface area contributed by atoms with Gasteiger partial charge < -0.3 is 24.4 Å². The number of thiocarbonyl (C=S) groups is 1. The third-order valence-electron chi connectivity index (χ3n) is 4.04. The van der Waals surface area contributed by atoms with Gasteiger partial charge in [-0.2, -0.15) is 0 Å². The predicted octanol–water partition coefficient (Wildman–Crippen LogP) is 4.08. The summed E-state index contributed by atoms with van der Waals surface area (Å²) in [4.78, 5) is 14.8. The molecule has 30 heavy (non-hydrogen) atoms. The Balaban J connectivity index is 2.17. The first-order chi connectivity index (χ1) is 14.4. The van der Waals surface area contributed by atoms with Crippen LogP contribution in [-0.4, -0.2) is 44.9 Å². The molecule has 2 N–H and O–H groups in total. The van der Waals surface area contributed by atoms with E-state index in [1.54, 1.807) is 12.1 Å². The smallest absolute Gasteiger partial charge is 0.257 e. The van der Waals surface area contributed by atoms with E-state index in [1.807, 2.05) is 64.0 Å². The molecule has 1 amide bonds. The fourth-order valence-corrected chi connectivity index (χ4v) is 2.91. The van der Waals surface area contributed by atoms with Gasteiger partial charge in [0.25, 0.3) is 5.91 Å². The number of ether oxygens (including phenoxy) is 3. The highest BCUT2D eigenvalue weighted by Crippen LogP contribution is 2.39. The van der Waals surface area contributed by atoms with Gasteiger partial charge in [-0.15, -0.1) is 0 Å². The molecule has 0 radical (unpaired) electrons. The van der Waals surface area contributed by atoms with Gasteiger partial charge in [-0.05, 0) is 69.4 Å². The molecule has 0 aliphatic rings. The van der Waals surface area contributed by atoms with Crippen LogP contribution in [0.2, 0.25) is 0 Å². The maximum Gasteiger partial charge on any atom is 0.257 e. The molecule has 2 aromatic carbocycles. The van der Waals surface area contributed by atoms with E-state index in [2.05, 4.69) is 10.6 Å². The third kappa shape index (κ3) is 6.25. The molecule has 7 nitrogen and oxygen atoms in total.